The maximum absolute atomic E-state index is 13.2. The molecule has 2 aromatic carbocycles. The molecular formula is C20H23N3O2S. The number of rotatable bonds is 7. The molecule has 0 saturated heterocycles. The summed E-state index contributed by atoms with van der Waals surface area (Å²) in [7, 11) is -1.77. The van der Waals surface area contributed by atoms with Crippen LogP contribution in [0.25, 0.3) is 0 Å². The lowest BCUT2D eigenvalue weighted by atomic mass is 10.1. The highest BCUT2D eigenvalue weighted by molar-refractivity contribution is 7.89. The lowest BCUT2D eigenvalue weighted by molar-refractivity contribution is 0.403. The van der Waals surface area contributed by atoms with Gasteiger partial charge >= 0.3 is 0 Å². The van der Waals surface area contributed by atoms with Gasteiger partial charge in [-0.2, -0.15) is 9.40 Å². The molecule has 0 N–H and O–H groups in total. The molecule has 3 aromatic rings. The first-order valence-corrected chi connectivity index (χ1v) is 9.98. The summed E-state index contributed by atoms with van der Waals surface area (Å²) >= 11 is 0. The van der Waals surface area contributed by atoms with Crippen molar-refractivity contribution in [2.24, 2.45) is 7.05 Å². The fourth-order valence-electron chi connectivity index (χ4n) is 2.77. The highest BCUT2D eigenvalue weighted by atomic mass is 32.2. The second kappa shape index (κ2) is 7.85. The van der Waals surface area contributed by atoms with Gasteiger partial charge in [-0.3, -0.25) is 4.68 Å². The van der Waals surface area contributed by atoms with E-state index in [9.17, 15) is 8.42 Å². The van der Waals surface area contributed by atoms with Gasteiger partial charge in [-0.1, -0.05) is 48.0 Å². The Morgan fingerprint density at radius 3 is 2.31 bits per heavy atom. The SMILES string of the molecule is Cc1ccc(S(=O)(=O)N(CCc2ccccc2)Cc2ccn(C)n2)cc1. The molecule has 26 heavy (non-hydrogen) atoms. The Hall–Kier alpha value is -2.44. The molecule has 0 aliphatic carbocycles. The summed E-state index contributed by atoms with van der Waals surface area (Å²) in [6.07, 6.45) is 2.47. The van der Waals surface area contributed by atoms with Crippen LogP contribution >= 0.6 is 0 Å². The monoisotopic (exact) mass is 369 g/mol. The molecule has 6 heteroatoms. The van der Waals surface area contributed by atoms with Crippen LogP contribution < -0.4 is 0 Å². The molecule has 0 saturated carbocycles. The van der Waals surface area contributed by atoms with Crippen molar-refractivity contribution in [3.63, 3.8) is 0 Å². The van der Waals surface area contributed by atoms with Crippen LogP contribution in [0, 0.1) is 6.92 Å². The maximum atomic E-state index is 13.2. The number of aryl methyl sites for hydroxylation is 2. The zero-order valence-electron chi connectivity index (χ0n) is 15.0. The largest absolute Gasteiger partial charge is 0.276 e. The van der Waals surface area contributed by atoms with Crippen molar-refractivity contribution in [3.8, 4) is 0 Å². The molecule has 1 aromatic heterocycles. The van der Waals surface area contributed by atoms with Gasteiger partial charge in [0.2, 0.25) is 10.0 Å². The van der Waals surface area contributed by atoms with Gasteiger partial charge < -0.3 is 0 Å². The van der Waals surface area contributed by atoms with Crippen LogP contribution in [0.5, 0.6) is 0 Å². The Morgan fingerprint density at radius 1 is 1.00 bits per heavy atom. The van der Waals surface area contributed by atoms with E-state index in [1.807, 2.05) is 68.7 Å². The van der Waals surface area contributed by atoms with Crippen LogP contribution in [-0.2, 0) is 30.0 Å². The van der Waals surface area contributed by atoms with Crippen LogP contribution in [0.2, 0.25) is 0 Å². The third-order valence-corrected chi connectivity index (χ3v) is 6.12. The van der Waals surface area contributed by atoms with E-state index < -0.39 is 10.0 Å². The normalized spacial score (nSPS) is 11.8. The number of hydrogen-bond donors (Lipinski definition) is 0. The first-order valence-electron chi connectivity index (χ1n) is 8.54. The molecule has 0 bridgehead atoms. The summed E-state index contributed by atoms with van der Waals surface area (Å²) in [5.41, 5.74) is 2.87. The second-order valence-electron chi connectivity index (χ2n) is 6.37. The third kappa shape index (κ3) is 4.39. The molecule has 0 spiro atoms. The Labute approximate surface area is 154 Å². The van der Waals surface area contributed by atoms with Gasteiger partial charge in [0, 0.05) is 19.8 Å². The molecule has 0 aliphatic rings. The molecule has 1 heterocycles. The van der Waals surface area contributed by atoms with Crippen molar-refractivity contribution in [3.05, 3.63) is 83.7 Å². The highest BCUT2D eigenvalue weighted by Crippen LogP contribution is 2.19. The third-order valence-electron chi connectivity index (χ3n) is 4.26. The molecule has 0 amide bonds. The fourth-order valence-corrected chi connectivity index (χ4v) is 4.18. The molecule has 136 valence electrons. The quantitative estimate of drug-likeness (QED) is 0.643. The number of nitrogens with zero attached hydrogens (tertiary/aromatic N) is 3. The van der Waals surface area contributed by atoms with Gasteiger partial charge in [0.15, 0.2) is 0 Å². The molecule has 0 radical (unpaired) electrons. The Morgan fingerprint density at radius 2 is 1.69 bits per heavy atom. The van der Waals surface area contributed by atoms with Crippen LogP contribution in [0.1, 0.15) is 16.8 Å². The molecule has 0 fully saturated rings. The zero-order chi connectivity index (χ0) is 18.6. The van der Waals surface area contributed by atoms with Gasteiger partial charge in [0.25, 0.3) is 0 Å². The zero-order valence-corrected chi connectivity index (χ0v) is 15.9. The van der Waals surface area contributed by atoms with E-state index in [2.05, 4.69) is 5.10 Å². The lowest BCUT2D eigenvalue weighted by Gasteiger charge is -2.21. The Balaban J connectivity index is 1.86. The summed E-state index contributed by atoms with van der Waals surface area (Å²) in [4.78, 5) is 0.312. The summed E-state index contributed by atoms with van der Waals surface area (Å²) in [6, 6.07) is 18.7. The maximum Gasteiger partial charge on any atom is 0.243 e. The van der Waals surface area contributed by atoms with Gasteiger partial charge in [0.1, 0.15) is 0 Å². The van der Waals surface area contributed by atoms with Gasteiger partial charge in [-0.25, -0.2) is 8.42 Å². The average Bonchev–Trinajstić information content (AvgIpc) is 3.04. The number of sulfonamides is 1. The van der Waals surface area contributed by atoms with Crippen LogP contribution in [0.15, 0.2) is 71.8 Å². The topological polar surface area (TPSA) is 55.2 Å². The molecular weight excluding hydrogens is 346 g/mol. The lowest BCUT2D eigenvalue weighted by Crippen LogP contribution is -2.32. The van der Waals surface area contributed by atoms with Crippen molar-refractivity contribution >= 4 is 10.0 Å². The number of benzene rings is 2. The molecule has 0 unspecified atom stereocenters. The molecule has 0 aliphatic heterocycles. The van der Waals surface area contributed by atoms with Crippen molar-refractivity contribution in [2.75, 3.05) is 6.54 Å². The minimum absolute atomic E-state index is 0.254. The Bertz CT molecular complexity index is 948. The fraction of sp³-hybridized carbons (Fsp3) is 0.250. The summed E-state index contributed by atoms with van der Waals surface area (Å²) in [6.45, 7) is 2.60. The van der Waals surface area contributed by atoms with Crippen molar-refractivity contribution < 1.29 is 8.42 Å². The first kappa shape index (κ1) is 18.4. The Kier molecular flexibility index (Phi) is 5.54. The minimum atomic E-state index is -3.59. The first-order chi connectivity index (χ1) is 12.4. The van der Waals surface area contributed by atoms with E-state index in [1.165, 1.54) is 4.31 Å². The van der Waals surface area contributed by atoms with E-state index >= 15 is 0 Å². The van der Waals surface area contributed by atoms with Crippen molar-refractivity contribution in [2.45, 2.75) is 24.8 Å². The van der Waals surface area contributed by atoms with Gasteiger partial charge in [0.05, 0.1) is 17.1 Å². The average molecular weight is 369 g/mol. The van der Waals surface area contributed by atoms with Crippen molar-refractivity contribution in [1.29, 1.82) is 0 Å². The number of aromatic nitrogens is 2. The van der Waals surface area contributed by atoms with Crippen LogP contribution in [0.3, 0.4) is 0 Å². The van der Waals surface area contributed by atoms with Crippen molar-refractivity contribution in [1.82, 2.24) is 14.1 Å². The predicted molar refractivity (Wildman–Crippen MR) is 102 cm³/mol. The summed E-state index contributed by atoms with van der Waals surface area (Å²) < 4.78 is 29.5. The smallest absolute Gasteiger partial charge is 0.243 e. The second-order valence-corrected chi connectivity index (χ2v) is 8.31. The predicted octanol–water partition coefficient (Wildman–Crippen LogP) is 3.16. The van der Waals surface area contributed by atoms with E-state index in [1.54, 1.807) is 16.8 Å². The summed E-state index contributed by atoms with van der Waals surface area (Å²) in [5.74, 6) is 0. The van der Waals surface area contributed by atoms with E-state index in [4.69, 9.17) is 0 Å². The molecule has 0 atom stereocenters. The van der Waals surface area contributed by atoms with E-state index in [0.29, 0.717) is 17.9 Å². The van der Waals surface area contributed by atoms with E-state index in [0.717, 1.165) is 16.8 Å². The minimum Gasteiger partial charge on any atom is -0.276 e. The van der Waals surface area contributed by atoms with Crippen LogP contribution in [0.4, 0.5) is 0 Å². The highest BCUT2D eigenvalue weighted by Gasteiger charge is 2.25. The molecule has 3 rings (SSSR count). The van der Waals surface area contributed by atoms with E-state index in [-0.39, 0.29) is 6.54 Å². The van der Waals surface area contributed by atoms with Crippen LogP contribution in [-0.4, -0.2) is 29.0 Å². The number of hydrogen-bond acceptors (Lipinski definition) is 3. The summed E-state index contributed by atoms with van der Waals surface area (Å²) in [5, 5.41) is 4.34. The standard InChI is InChI=1S/C20H23N3O2S/c1-17-8-10-20(11-9-17)26(24,25)23(16-19-13-14-22(2)21-19)15-12-18-6-4-3-5-7-18/h3-11,13-14H,12,15-16H2,1-2H3. The van der Waals surface area contributed by atoms with Gasteiger partial charge in [-0.15, -0.1) is 0 Å². The molecule has 5 nitrogen and oxygen atoms in total. The van der Waals surface area contributed by atoms with Gasteiger partial charge in [-0.05, 0) is 37.1 Å².